The third kappa shape index (κ3) is 3.03. The SMILES string of the molecule is CCn1cc(C(=O)N2CCc3c2cccc3C(F)(F)F)c(C(C)C)n1. The molecule has 2 aromatic rings. The van der Waals surface area contributed by atoms with Crippen molar-refractivity contribution < 1.29 is 18.0 Å². The first-order valence-corrected chi connectivity index (χ1v) is 8.32. The smallest absolute Gasteiger partial charge is 0.308 e. The lowest BCUT2D eigenvalue weighted by molar-refractivity contribution is -0.138. The average Bonchev–Trinajstić information content (AvgIpc) is 3.17. The van der Waals surface area contributed by atoms with E-state index in [-0.39, 0.29) is 30.4 Å². The Morgan fingerprint density at radius 1 is 1.32 bits per heavy atom. The van der Waals surface area contributed by atoms with Crippen LogP contribution in [0.5, 0.6) is 0 Å². The highest BCUT2D eigenvalue weighted by molar-refractivity contribution is 6.08. The molecule has 1 aromatic carbocycles. The van der Waals surface area contributed by atoms with Crippen LogP contribution in [0, 0.1) is 0 Å². The van der Waals surface area contributed by atoms with Crippen molar-refractivity contribution >= 4 is 11.6 Å². The first-order chi connectivity index (χ1) is 11.7. The van der Waals surface area contributed by atoms with Crippen LogP contribution in [0.4, 0.5) is 18.9 Å². The molecular formula is C18H20F3N3O. The van der Waals surface area contributed by atoms with Gasteiger partial charge in [-0.2, -0.15) is 18.3 Å². The van der Waals surface area contributed by atoms with Crippen molar-refractivity contribution in [1.29, 1.82) is 0 Å². The van der Waals surface area contributed by atoms with E-state index in [0.29, 0.717) is 23.5 Å². The molecule has 0 bridgehead atoms. The lowest BCUT2D eigenvalue weighted by atomic mass is 10.0. The Hall–Kier alpha value is -2.31. The van der Waals surface area contributed by atoms with Crippen molar-refractivity contribution in [3.05, 3.63) is 46.8 Å². The average molecular weight is 351 g/mol. The molecule has 7 heteroatoms. The Morgan fingerprint density at radius 2 is 2.04 bits per heavy atom. The van der Waals surface area contributed by atoms with Gasteiger partial charge in [0.1, 0.15) is 0 Å². The molecule has 4 nitrogen and oxygen atoms in total. The number of anilines is 1. The molecule has 2 heterocycles. The Kier molecular flexibility index (Phi) is 4.34. The van der Waals surface area contributed by atoms with Gasteiger partial charge in [0, 0.05) is 25.0 Å². The van der Waals surface area contributed by atoms with Crippen LogP contribution in [0.2, 0.25) is 0 Å². The molecule has 1 aliphatic heterocycles. The minimum absolute atomic E-state index is 0.0512. The lowest BCUT2D eigenvalue weighted by Crippen LogP contribution is -2.29. The summed E-state index contributed by atoms with van der Waals surface area (Å²) in [5, 5.41) is 4.42. The highest BCUT2D eigenvalue weighted by Gasteiger charge is 2.38. The first-order valence-electron chi connectivity index (χ1n) is 8.32. The zero-order valence-corrected chi connectivity index (χ0v) is 14.4. The largest absolute Gasteiger partial charge is 0.416 e. The summed E-state index contributed by atoms with van der Waals surface area (Å²) >= 11 is 0. The number of amides is 1. The van der Waals surface area contributed by atoms with Crippen LogP contribution in [0.15, 0.2) is 24.4 Å². The van der Waals surface area contributed by atoms with Gasteiger partial charge in [-0.15, -0.1) is 0 Å². The van der Waals surface area contributed by atoms with Gasteiger partial charge < -0.3 is 4.90 Å². The second-order valence-corrected chi connectivity index (χ2v) is 6.45. The molecule has 0 atom stereocenters. The van der Waals surface area contributed by atoms with Crippen molar-refractivity contribution in [2.75, 3.05) is 11.4 Å². The topological polar surface area (TPSA) is 38.1 Å². The highest BCUT2D eigenvalue weighted by atomic mass is 19.4. The van der Waals surface area contributed by atoms with E-state index >= 15 is 0 Å². The third-order valence-electron chi connectivity index (χ3n) is 4.47. The molecule has 1 aliphatic rings. The monoisotopic (exact) mass is 351 g/mol. The van der Waals surface area contributed by atoms with Gasteiger partial charge in [-0.1, -0.05) is 19.9 Å². The van der Waals surface area contributed by atoms with Crippen LogP contribution in [0.1, 0.15) is 53.9 Å². The van der Waals surface area contributed by atoms with Crippen LogP contribution in [0.25, 0.3) is 0 Å². The van der Waals surface area contributed by atoms with Gasteiger partial charge in [-0.25, -0.2) is 0 Å². The summed E-state index contributed by atoms with van der Waals surface area (Å²) in [4.78, 5) is 14.5. The van der Waals surface area contributed by atoms with E-state index in [0.717, 1.165) is 6.07 Å². The number of fused-ring (bicyclic) bond motifs is 1. The van der Waals surface area contributed by atoms with E-state index in [1.54, 1.807) is 16.9 Å². The minimum atomic E-state index is -4.42. The summed E-state index contributed by atoms with van der Waals surface area (Å²) in [6.45, 7) is 6.68. The van der Waals surface area contributed by atoms with Gasteiger partial charge in [0.15, 0.2) is 0 Å². The van der Waals surface area contributed by atoms with Crippen molar-refractivity contribution in [1.82, 2.24) is 9.78 Å². The van der Waals surface area contributed by atoms with Gasteiger partial charge in [0.05, 0.1) is 16.8 Å². The maximum Gasteiger partial charge on any atom is 0.416 e. The Labute approximate surface area is 144 Å². The molecule has 0 spiro atoms. The Morgan fingerprint density at radius 3 is 2.64 bits per heavy atom. The standard InChI is InChI=1S/C18H20F3N3O/c1-4-23-10-13(16(22-23)11(2)3)17(25)24-9-8-12-14(18(19,20)21)6-5-7-15(12)24/h5-7,10-11H,4,8-9H2,1-3H3. The lowest BCUT2D eigenvalue weighted by Gasteiger charge is -2.19. The summed E-state index contributed by atoms with van der Waals surface area (Å²) in [5.74, 6) is -0.239. The second-order valence-electron chi connectivity index (χ2n) is 6.45. The number of carbonyl (C=O) groups is 1. The number of carbonyl (C=O) groups excluding carboxylic acids is 1. The maximum atomic E-state index is 13.2. The molecule has 3 rings (SSSR count). The molecule has 0 aliphatic carbocycles. The van der Waals surface area contributed by atoms with Crippen LogP contribution < -0.4 is 4.90 Å². The molecular weight excluding hydrogens is 331 g/mol. The molecule has 25 heavy (non-hydrogen) atoms. The minimum Gasteiger partial charge on any atom is -0.308 e. The molecule has 134 valence electrons. The van der Waals surface area contributed by atoms with Gasteiger partial charge in [0.25, 0.3) is 5.91 Å². The van der Waals surface area contributed by atoms with Crippen LogP contribution in [-0.4, -0.2) is 22.2 Å². The van der Waals surface area contributed by atoms with E-state index in [1.165, 1.54) is 11.0 Å². The fourth-order valence-corrected chi connectivity index (χ4v) is 3.25. The quantitative estimate of drug-likeness (QED) is 0.829. The number of halogens is 3. The third-order valence-corrected chi connectivity index (χ3v) is 4.47. The summed E-state index contributed by atoms with van der Waals surface area (Å²) in [7, 11) is 0. The first kappa shape index (κ1) is 17.5. The number of hydrogen-bond donors (Lipinski definition) is 0. The molecule has 1 amide bonds. The summed E-state index contributed by atoms with van der Waals surface area (Å²) < 4.78 is 41.3. The molecule has 0 unspecified atom stereocenters. The van der Waals surface area contributed by atoms with E-state index in [4.69, 9.17) is 0 Å². The van der Waals surface area contributed by atoms with Crippen molar-refractivity contribution in [2.45, 2.75) is 45.8 Å². The zero-order chi connectivity index (χ0) is 18.4. The molecule has 0 radical (unpaired) electrons. The number of benzene rings is 1. The fraction of sp³-hybridized carbons (Fsp3) is 0.444. The van der Waals surface area contributed by atoms with Crippen molar-refractivity contribution in [3.8, 4) is 0 Å². The Bertz CT molecular complexity index is 808. The summed E-state index contributed by atoms with van der Waals surface area (Å²) in [6, 6.07) is 4.00. The molecule has 0 fully saturated rings. The van der Waals surface area contributed by atoms with Crippen molar-refractivity contribution in [2.24, 2.45) is 0 Å². The second kappa shape index (κ2) is 6.20. The molecule has 0 N–H and O–H groups in total. The summed E-state index contributed by atoms with van der Waals surface area (Å²) in [6.07, 6.45) is -2.53. The Balaban J connectivity index is 2.02. The number of hydrogen-bond acceptors (Lipinski definition) is 2. The molecule has 0 saturated heterocycles. The van der Waals surface area contributed by atoms with E-state index in [2.05, 4.69) is 5.10 Å². The van der Waals surface area contributed by atoms with E-state index < -0.39 is 11.7 Å². The van der Waals surface area contributed by atoms with Crippen LogP contribution >= 0.6 is 0 Å². The van der Waals surface area contributed by atoms with E-state index in [1.807, 2.05) is 20.8 Å². The predicted octanol–water partition coefficient (Wildman–Crippen LogP) is 4.25. The van der Waals surface area contributed by atoms with Gasteiger partial charge in [-0.05, 0) is 37.0 Å². The molecule has 1 aromatic heterocycles. The zero-order valence-electron chi connectivity index (χ0n) is 14.4. The number of aromatic nitrogens is 2. The molecule has 0 saturated carbocycles. The maximum absolute atomic E-state index is 13.2. The van der Waals surface area contributed by atoms with Gasteiger partial charge in [0.2, 0.25) is 0 Å². The number of nitrogens with zero attached hydrogens (tertiary/aromatic N) is 3. The van der Waals surface area contributed by atoms with Gasteiger partial charge >= 0.3 is 6.18 Å². The number of alkyl halides is 3. The van der Waals surface area contributed by atoms with Gasteiger partial charge in [-0.3, -0.25) is 9.48 Å². The highest BCUT2D eigenvalue weighted by Crippen LogP contribution is 2.40. The number of aryl methyl sites for hydroxylation is 1. The number of rotatable bonds is 3. The fourth-order valence-electron chi connectivity index (χ4n) is 3.25. The predicted molar refractivity (Wildman–Crippen MR) is 88.8 cm³/mol. The van der Waals surface area contributed by atoms with E-state index in [9.17, 15) is 18.0 Å². The summed E-state index contributed by atoms with van der Waals surface area (Å²) in [5.41, 5.74) is 1.01. The normalized spacial score (nSPS) is 14.3. The van der Waals surface area contributed by atoms with Crippen LogP contribution in [-0.2, 0) is 19.1 Å². The van der Waals surface area contributed by atoms with Crippen molar-refractivity contribution in [3.63, 3.8) is 0 Å². The van der Waals surface area contributed by atoms with Crippen LogP contribution in [0.3, 0.4) is 0 Å².